The van der Waals surface area contributed by atoms with E-state index in [-0.39, 0.29) is 29.0 Å². The SMILES string of the molecule is CCOCCOC(=O)c1ccc(NC(=O)CSc2nncc(=O)[nH]2)cc1. The van der Waals surface area contributed by atoms with E-state index in [1.807, 2.05) is 6.92 Å². The smallest absolute Gasteiger partial charge is 0.338 e. The number of H-pyrrole nitrogens is 1. The van der Waals surface area contributed by atoms with Gasteiger partial charge in [0.2, 0.25) is 5.91 Å². The largest absolute Gasteiger partial charge is 0.460 e. The summed E-state index contributed by atoms with van der Waals surface area (Å²) in [7, 11) is 0. The Kier molecular flexibility index (Phi) is 7.77. The van der Waals surface area contributed by atoms with Crippen LogP contribution in [0.5, 0.6) is 0 Å². The highest BCUT2D eigenvalue weighted by molar-refractivity contribution is 7.99. The maximum absolute atomic E-state index is 11.9. The van der Waals surface area contributed by atoms with Crippen molar-refractivity contribution in [2.45, 2.75) is 12.1 Å². The van der Waals surface area contributed by atoms with Crippen LogP contribution >= 0.6 is 11.8 Å². The Labute approximate surface area is 153 Å². The van der Waals surface area contributed by atoms with Crippen LogP contribution in [0.4, 0.5) is 5.69 Å². The molecule has 0 saturated heterocycles. The number of thioether (sulfide) groups is 1. The quantitative estimate of drug-likeness (QED) is 0.378. The van der Waals surface area contributed by atoms with Gasteiger partial charge in [-0.2, -0.15) is 5.10 Å². The van der Waals surface area contributed by atoms with Gasteiger partial charge < -0.3 is 14.8 Å². The third-order valence-corrected chi connectivity index (χ3v) is 3.83. The van der Waals surface area contributed by atoms with Gasteiger partial charge in [0.25, 0.3) is 5.56 Å². The van der Waals surface area contributed by atoms with Crippen molar-refractivity contribution in [2.75, 3.05) is 30.9 Å². The second-order valence-electron chi connectivity index (χ2n) is 4.89. The van der Waals surface area contributed by atoms with Crippen LogP contribution in [0.15, 0.2) is 40.4 Å². The second-order valence-corrected chi connectivity index (χ2v) is 5.85. The van der Waals surface area contributed by atoms with Crippen LogP contribution < -0.4 is 10.9 Å². The molecule has 0 atom stereocenters. The summed E-state index contributed by atoms with van der Waals surface area (Å²) in [5.74, 6) is -0.686. The van der Waals surface area contributed by atoms with Crippen LogP contribution in [0, 0.1) is 0 Å². The lowest BCUT2D eigenvalue weighted by molar-refractivity contribution is -0.113. The Balaban J connectivity index is 1.79. The van der Waals surface area contributed by atoms with Crippen LogP contribution in [0.25, 0.3) is 0 Å². The van der Waals surface area contributed by atoms with E-state index in [0.717, 1.165) is 18.0 Å². The fourth-order valence-corrected chi connectivity index (χ4v) is 2.42. The molecule has 0 saturated carbocycles. The fraction of sp³-hybridized carbons (Fsp3) is 0.312. The third kappa shape index (κ3) is 6.65. The number of nitrogens with zero attached hydrogens (tertiary/aromatic N) is 2. The minimum Gasteiger partial charge on any atom is -0.460 e. The molecule has 1 aromatic carbocycles. The minimum absolute atomic E-state index is 0.0514. The molecule has 26 heavy (non-hydrogen) atoms. The Morgan fingerprint density at radius 3 is 2.69 bits per heavy atom. The van der Waals surface area contributed by atoms with Crippen LogP contribution in [-0.2, 0) is 14.3 Å². The molecule has 0 spiro atoms. The van der Waals surface area contributed by atoms with E-state index in [2.05, 4.69) is 20.5 Å². The van der Waals surface area contributed by atoms with Gasteiger partial charge in [0, 0.05) is 12.3 Å². The van der Waals surface area contributed by atoms with Gasteiger partial charge in [0.05, 0.1) is 17.9 Å². The first-order chi connectivity index (χ1) is 12.6. The zero-order valence-electron chi connectivity index (χ0n) is 14.1. The van der Waals surface area contributed by atoms with Crippen molar-refractivity contribution in [3.05, 3.63) is 46.4 Å². The van der Waals surface area contributed by atoms with E-state index in [1.165, 1.54) is 0 Å². The lowest BCUT2D eigenvalue weighted by Gasteiger charge is -2.07. The molecular formula is C16H18N4O5S. The van der Waals surface area contributed by atoms with Gasteiger partial charge in [-0.3, -0.25) is 14.6 Å². The number of hydrogen-bond acceptors (Lipinski definition) is 8. The lowest BCUT2D eigenvalue weighted by atomic mass is 10.2. The number of aromatic amines is 1. The molecule has 0 radical (unpaired) electrons. The number of nitrogens with one attached hydrogen (secondary N) is 2. The molecule has 0 fully saturated rings. The van der Waals surface area contributed by atoms with Gasteiger partial charge in [0.1, 0.15) is 12.8 Å². The monoisotopic (exact) mass is 378 g/mol. The molecule has 1 heterocycles. The predicted octanol–water partition coefficient (Wildman–Crippen LogP) is 1.09. The maximum atomic E-state index is 11.9. The Morgan fingerprint density at radius 1 is 1.23 bits per heavy atom. The molecule has 0 unspecified atom stereocenters. The number of hydrogen-bond donors (Lipinski definition) is 2. The molecule has 0 aliphatic heterocycles. The predicted molar refractivity (Wildman–Crippen MR) is 95.2 cm³/mol. The van der Waals surface area contributed by atoms with E-state index in [9.17, 15) is 14.4 Å². The molecule has 138 valence electrons. The molecule has 2 rings (SSSR count). The topological polar surface area (TPSA) is 123 Å². The zero-order chi connectivity index (χ0) is 18.8. The second kappa shape index (κ2) is 10.3. The standard InChI is InChI=1S/C16H18N4O5S/c1-2-24-7-8-25-15(23)11-3-5-12(6-4-11)18-14(22)10-26-16-19-13(21)9-17-20-16/h3-6,9H,2,7-8,10H2,1H3,(H,18,22)(H,19,20,21). The summed E-state index contributed by atoms with van der Waals surface area (Å²) in [6, 6.07) is 6.33. The molecular weight excluding hydrogens is 360 g/mol. The van der Waals surface area contributed by atoms with Gasteiger partial charge in [-0.15, -0.1) is 5.10 Å². The van der Waals surface area contributed by atoms with Crippen LogP contribution in [0.2, 0.25) is 0 Å². The normalized spacial score (nSPS) is 10.3. The van der Waals surface area contributed by atoms with Crippen molar-refractivity contribution in [2.24, 2.45) is 0 Å². The van der Waals surface area contributed by atoms with Crippen molar-refractivity contribution in [1.82, 2.24) is 15.2 Å². The number of amides is 1. The van der Waals surface area contributed by atoms with Crippen molar-refractivity contribution >= 4 is 29.3 Å². The van der Waals surface area contributed by atoms with E-state index in [1.54, 1.807) is 24.3 Å². The molecule has 2 aromatic rings. The molecule has 9 nitrogen and oxygen atoms in total. The first-order valence-electron chi connectivity index (χ1n) is 7.78. The van der Waals surface area contributed by atoms with E-state index < -0.39 is 5.97 Å². The number of benzene rings is 1. The first-order valence-corrected chi connectivity index (χ1v) is 8.76. The zero-order valence-corrected chi connectivity index (χ0v) is 14.9. The van der Waals surface area contributed by atoms with Gasteiger partial charge in [-0.1, -0.05) is 11.8 Å². The van der Waals surface area contributed by atoms with Gasteiger partial charge >= 0.3 is 5.97 Å². The summed E-state index contributed by atoms with van der Waals surface area (Å²) in [5, 5.41) is 10.2. The molecule has 0 aliphatic rings. The van der Waals surface area contributed by atoms with E-state index in [0.29, 0.717) is 24.5 Å². The van der Waals surface area contributed by atoms with Crippen molar-refractivity contribution in [1.29, 1.82) is 0 Å². The number of esters is 1. The van der Waals surface area contributed by atoms with Gasteiger partial charge in [-0.25, -0.2) is 4.79 Å². The summed E-state index contributed by atoms with van der Waals surface area (Å²) in [5.41, 5.74) is 0.534. The highest BCUT2D eigenvalue weighted by Gasteiger charge is 2.09. The summed E-state index contributed by atoms with van der Waals surface area (Å²) < 4.78 is 10.1. The molecule has 0 bridgehead atoms. The number of carbonyl (C=O) groups is 2. The number of carbonyl (C=O) groups excluding carboxylic acids is 2. The summed E-state index contributed by atoms with van der Waals surface area (Å²) in [6.45, 7) is 2.97. The summed E-state index contributed by atoms with van der Waals surface area (Å²) in [4.78, 5) is 37.3. The third-order valence-electron chi connectivity index (χ3n) is 2.96. The van der Waals surface area contributed by atoms with Crippen LogP contribution in [-0.4, -0.2) is 52.6 Å². The number of anilines is 1. The highest BCUT2D eigenvalue weighted by atomic mass is 32.2. The number of rotatable bonds is 9. The molecule has 1 amide bonds. The van der Waals surface area contributed by atoms with Crippen molar-refractivity contribution in [3.8, 4) is 0 Å². The molecule has 10 heteroatoms. The number of aromatic nitrogens is 3. The van der Waals surface area contributed by atoms with Gasteiger partial charge in [0.15, 0.2) is 5.16 Å². The fourth-order valence-electron chi connectivity index (χ4n) is 1.80. The van der Waals surface area contributed by atoms with Crippen LogP contribution in [0.3, 0.4) is 0 Å². The maximum Gasteiger partial charge on any atom is 0.338 e. The first kappa shape index (κ1) is 19.6. The molecule has 1 aromatic heterocycles. The Hall–Kier alpha value is -2.72. The minimum atomic E-state index is -0.454. The summed E-state index contributed by atoms with van der Waals surface area (Å²) >= 11 is 1.06. The van der Waals surface area contributed by atoms with E-state index >= 15 is 0 Å². The highest BCUT2D eigenvalue weighted by Crippen LogP contribution is 2.13. The van der Waals surface area contributed by atoms with Crippen LogP contribution in [0.1, 0.15) is 17.3 Å². The average molecular weight is 378 g/mol. The Bertz CT molecular complexity index is 794. The van der Waals surface area contributed by atoms with Crippen molar-refractivity contribution in [3.63, 3.8) is 0 Å². The lowest BCUT2D eigenvalue weighted by Crippen LogP contribution is -2.16. The van der Waals surface area contributed by atoms with Gasteiger partial charge in [-0.05, 0) is 31.2 Å². The molecule has 2 N–H and O–H groups in total. The van der Waals surface area contributed by atoms with E-state index in [4.69, 9.17) is 9.47 Å². The number of ether oxygens (including phenoxy) is 2. The van der Waals surface area contributed by atoms with Crippen molar-refractivity contribution < 1.29 is 19.1 Å². The summed E-state index contributed by atoms with van der Waals surface area (Å²) in [6.07, 6.45) is 1.05. The molecule has 0 aliphatic carbocycles. The average Bonchev–Trinajstić information content (AvgIpc) is 2.64. The Morgan fingerprint density at radius 2 is 2.00 bits per heavy atom.